The Labute approximate surface area is 189 Å². The van der Waals surface area contributed by atoms with Crippen LogP contribution in [0.25, 0.3) is 0 Å². The normalized spacial score (nSPS) is 15.7. The molecular formula is C22H35Cl2NTi. The first kappa shape index (κ1) is 30.8. The smallest absolute Gasteiger partial charge is 1.00 e. The largest absolute Gasteiger partial charge is 4.00 e. The number of hydrogen-bond donors (Lipinski definition) is 1. The van der Waals surface area contributed by atoms with Crippen LogP contribution >= 0.6 is 0 Å². The summed E-state index contributed by atoms with van der Waals surface area (Å²) < 4.78 is 0. The average Bonchev–Trinajstić information content (AvgIpc) is 2.91. The molecule has 0 spiro atoms. The molecular weight excluding hydrogens is 397 g/mol. The first-order chi connectivity index (χ1) is 10.2. The second kappa shape index (κ2) is 10.6. The fourth-order valence-electron chi connectivity index (χ4n) is 2.91. The quantitative estimate of drug-likeness (QED) is 0.455. The molecule has 2 rings (SSSR count). The molecule has 0 fully saturated rings. The van der Waals surface area contributed by atoms with Gasteiger partial charge in [-0.05, 0) is 5.41 Å². The van der Waals surface area contributed by atoms with E-state index in [0.29, 0.717) is 0 Å². The number of H-pyrrole nitrogens is 1. The van der Waals surface area contributed by atoms with Crippen LogP contribution in [0.15, 0.2) is 22.9 Å². The minimum atomic E-state index is 0. The van der Waals surface area contributed by atoms with E-state index in [1.165, 1.54) is 27.8 Å². The fourth-order valence-corrected chi connectivity index (χ4v) is 2.91. The summed E-state index contributed by atoms with van der Waals surface area (Å²) in [7, 11) is 0. The van der Waals surface area contributed by atoms with Crippen molar-refractivity contribution in [3.8, 4) is 0 Å². The Bertz CT molecular complexity index is 595. The van der Waals surface area contributed by atoms with Gasteiger partial charge in [0.2, 0.25) is 0 Å². The van der Waals surface area contributed by atoms with Crippen molar-refractivity contribution >= 4 is 0 Å². The van der Waals surface area contributed by atoms with Gasteiger partial charge in [-0.25, -0.2) is 5.57 Å². The van der Waals surface area contributed by atoms with Crippen molar-refractivity contribution in [3.63, 3.8) is 0 Å². The van der Waals surface area contributed by atoms with Crippen molar-refractivity contribution in [2.45, 2.75) is 87.0 Å². The van der Waals surface area contributed by atoms with E-state index < -0.39 is 0 Å². The minimum Gasteiger partial charge on any atom is -1.00 e. The van der Waals surface area contributed by atoms with Crippen LogP contribution in [0.5, 0.6) is 0 Å². The molecule has 0 atom stereocenters. The molecule has 1 aromatic heterocycles. The van der Waals surface area contributed by atoms with Gasteiger partial charge in [0, 0.05) is 0 Å². The molecule has 0 saturated carbocycles. The molecule has 0 radical (unpaired) electrons. The topological polar surface area (TPSA) is 15.8 Å². The Morgan fingerprint density at radius 2 is 1.35 bits per heavy atom. The van der Waals surface area contributed by atoms with E-state index in [1.807, 2.05) is 0 Å². The van der Waals surface area contributed by atoms with Gasteiger partial charge in [-0.1, -0.05) is 80.1 Å². The summed E-state index contributed by atoms with van der Waals surface area (Å²) in [5.41, 5.74) is 7.47. The summed E-state index contributed by atoms with van der Waals surface area (Å²) >= 11 is 0. The van der Waals surface area contributed by atoms with Crippen LogP contribution in [0.3, 0.4) is 0 Å². The zero-order chi connectivity index (χ0) is 18.2. The Balaban J connectivity index is -0.000000374. The van der Waals surface area contributed by atoms with Gasteiger partial charge in [-0.3, -0.25) is 6.08 Å². The SMILES string of the molecule is CC(C)(C)c1[c-][nH]cc1C(C)(C)C.CC1=[C-]C(C)(C)C(C)=C1C.[Cl-].[Cl-].[Ti+4]. The van der Waals surface area contributed by atoms with Gasteiger partial charge in [0.15, 0.2) is 0 Å². The third-order valence-electron chi connectivity index (χ3n) is 4.80. The number of allylic oxidation sites excluding steroid dienone is 4. The Morgan fingerprint density at radius 3 is 1.54 bits per heavy atom. The van der Waals surface area contributed by atoms with Crippen molar-refractivity contribution in [2.75, 3.05) is 0 Å². The van der Waals surface area contributed by atoms with Crippen molar-refractivity contribution < 1.29 is 46.5 Å². The van der Waals surface area contributed by atoms with Crippen molar-refractivity contribution in [1.82, 2.24) is 4.98 Å². The monoisotopic (exact) mass is 431 g/mol. The summed E-state index contributed by atoms with van der Waals surface area (Å²) in [4.78, 5) is 3.09. The van der Waals surface area contributed by atoms with Gasteiger partial charge in [-0.15, -0.1) is 24.9 Å². The molecule has 1 N–H and O–H groups in total. The average molecular weight is 432 g/mol. The maximum atomic E-state index is 3.44. The van der Waals surface area contributed by atoms with Crippen LogP contribution in [0.4, 0.5) is 0 Å². The first-order valence-corrected chi connectivity index (χ1v) is 8.58. The molecule has 1 aliphatic carbocycles. The van der Waals surface area contributed by atoms with Gasteiger partial charge in [-0.2, -0.15) is 16.7 Å². The molecule has 0 unspecified atom stereocenters. The second-order valence-corrected chi connectivity index (χ2v) is 9.33. The third-order valence-corrected chi connectivity index (χ3v) is 4.80. The summed E-state index contributed by atoms with van der Waals surface area (Å²) in [5.74, 6) is 0. The van der Waals surface area contributed by atoms with Gasteiger partial charge in [0.25, 0.3) is 0 Å². The van der Waals surface area contributed by atoms with Crippen molar-refractivity contribution in [2.24, 2.45) is 5.41 Å². The molecule has 26 heavy (non-hydrogen) atoms. The number of aromatic amines is 1. The summed E-state index contributed by atoms with van der Waals surface area (Å²) in [6.45, 7) is 24.3. The van der Waals surface area contributed by atoms with Crippen molar-refractivity contribution in [3.05, 3.63) is 46.3 Å². The zero-order valence-electron chi connectivity index (χ0n) is 18.3. The summed E-state index contributed by atoms with van der Waals surface area (Å²) in [6, 6.07) is 0. The second-order valence-electron chi connectivity index (χ2n) is 9.33. The number of aromatic nitrogens is 1. The first-order valence-electron chi connectivity index (χ1n) is 8.58. The van der Waals surface area contributed by atoms with Gasteiger partial charge in [0.1, 0.15) is 0 Å². The molecule has 0 amide bonds. The van der Waals surface area contributed by atoms with Gasteiger partial charge >= 0.3 is 21.7 Å². The van der Waals surface area contributed by atoms with Crippen LogP contribution < -0.4 is 24.8 Å². The van der Waals surface area contributed by atoms with Crippen LogP contribution in [-0.4, -0.2) is 4.98 Å². The van der Waals surface area contributed by atoms with Crippen LogP contribution in [0.1, 0.15) is 87.3 Å². The molecule has 1 aliphatic rings. The maximum absolute atomic E-state index is 3.44. The predicted octanol–water partition coefficient (Wildman–Crippen LogP) is 0.527. The molecule has 1 aromatic rings. The third kappa shape index (κ3) is 7.59. The molecule has 0 aromatic carbocycles. The molecule has 4 heteroatoms. The Kier molecular flexibility index (Phi) is 12.5. The molecule has 0 saturated heterocycles. The van der Waals surface area contributed by atoms with Crippen molar-refractivity contribution in [1.29, 1.82) is 0 Å². The van der Waals surface area contributed by atoms with Crippen LogP contribution in [0, 0.1) is 17.7 Å². The molecule has 146 valence electrons. The number of halogens is 2. The van der Waals surface area contributed by atoms with E-state index in [2.05, 4.69) is 99.6 Å². The standard InChI is InChI=1S/C12H20N.C10H15.2ClH.Ti/c1-11(2,3)9-7-13-8-10(9)12(4,5)6;1-7-6-10(4,5)9(3)8(7)2;;;/h7,13H,1-6H3;1-5H3;2*1H;/q2*-1;;;+4/p-2. The van der Waals surface area contributed by atoms with Crippen LogP contribution in [0.2, 0.25) is 0 Å². The van der Waals surface area contributed by atoms with E-state index in [-0.39, 0.29) is 62.8 Å². The summed E-state index contributed by atoms with van der Waals surface area (Å²) in [6.07, 6.45) is 8.73. The fraction of sp³-hybridized carbons (Fsp3) is 0.636. The number of nitrogens with one attached hydrogen (secondary N) is 1. The van der Waals surface area contributed by atoms with E-state index in [9.17, 15) is 0 Å². The molecule has 1 heterocycles. The van der Waals surface area contributed by atoms with Gasteiger partial charge < -0.3 is 29.8 Å². The molecule has 1 nitrogen and oxygen atoms in total. The Morgan fingerprint density at radius 1 is 0.885 bits per heavy atom. The predicted molar refractivity (Wildman–Crippen MR) is 102 cm³/mol. The molecule has 0 bridgehead atoms. The number of hydrogen-bond acceptors (Lipinski definition) is 0. The zero-order valence-corrected chi connectivity index (χ0v) is 21.4. The van der Waals surface area contributed by atoms with Crippen LogP contribution in [-0.2, 0) is 32.5 Å². The van der Waals surface area contributed by atoms with E-state index in [1.54, 1.807) is 0 Å². The van der Waals surface area contributed by atoms with Gasteiger partial charge in [0.05, 0.1) is 0 Å². The maximum Gasteiger partial charge on any atom is 4.00 e. The van der Waals surface area contributed by atoms with E-state index in [0.717, 1.165) is 0 Å². The van der Waals surface area contributed by atoms with E-state index >= 15 is 0 Å². The summed E-state index contributed by atoms with van der Waals surface area (Å²) in [5, 5.41) is 0. The van der Waals surface area contributed by atoms with E-state index in [4.69, 9.17) is 0 Å². The number of rotatable bonds is 0. The minimum absolute atomic E-state index is 0. The molecule has 0 aliphatic heterocycles. The Hall–Kier alpha value is 0.0543.